The van der Waals surface area contributed by atoms with Gasteiger partial charge in [0.1, 0.15) is 5.82 Å². The highest BCUT2D eigenvalue weighted by Gasteiger charge is 2.15. The molecule has 0 radical (unpaired) electrons. The lowest BCUT2D eigenvalue weighted by Gasteiger charge is -2.14. The molecule has 3 N–H and O–H groups in total. The number of carbonyl (C=O) groups is 1. The summed E-state index contributed by atoms with van der Waals surface area (Å²) in [5.41, 5.74) is 7.29. The van der Waals surface area contributed by atoms with Gasteiger partial charge in [0.25, 0.3) is 0 Å². The summed E-state index contributed by atoms with van der Waals surface area (Å²) in [4.78, 5) is 11.7. The topological polar surface area (TPSA) is 64.3 Å². The second-order valence-electron chi connectivity index (χ2n) is 4.01. The number of hydrogen-bond acceptors (Lipinski definition) is 4. The first kappa shape index (κ1) is 14.1. The second-order valence-corrected chi connectivity index (χ2v) is 4.42. The zero-order valence-electron chi connectivity index (χ0n) is 10.6. The van der Waals surface area contributed by atoms with E-state index in [1.165, 1.54) is 25.3 Å². The van der Waals surface area contributed by atoms with E-state index >= 15 is 0 Å². The Morgan fingerprint density at radius 3 is 2.75 bits per heavy atom. The molecule has 20 heavy (non-hydrogen) atoms. The minimum Gasteiger partial charge on any atom is -0.465 e. The predicted octanol–water partition coefficient (Wildman–Crippen LogP) is 3.59. The van der Waals surface area contributed by atoms with Crippen LogP contribution in [0.25, 0.3) is 0 Å². The zero-order valence-corrected chi connectivity index (χ0v) is 11.4. The predicted molar refractivity (Wildman–Crippen MR) is 76.9 cm³/mol. The van der Waals surface area contributed by atoms with Crippen molar-refractivity contribution in [2.24, 2.45) is 0 Å². The van der Waals surface area contributed by atoms with Gasteiger partial charge >= 0.3 is 5.97 Å². The second kappa shape index (κ2) is 5.79. The van der Waals surface area contributed by atoms with Crippen molar-refractivity contribution in [3.8, 4) is 0 Å². The van der Waals surface area contributed by atoms with Crippen LogP contribution in [-0.2, 0) is 4.74 Å². The molecule has 0 aliphatic heterocycles. The molecular weight excluding hydrogens is 283 g/mol. The molecule has 2 aromatic rings. The first-order valence-corrected chi connectivity index (χ1v) is 6.09. The minimum atomic E-state index is -0.530. The molecule has 0 saturated carbocycles. The van der Waals surface area contributed by atoms with E-state index in [0.717, 1.165) is 0 Å². The van der Waals surface area contributed by atoms with Crippen molar-refractivity contribution >= 4 is 34.6 Å². The van der Waals surface area contributed by atoms with Gasteiger partial charge < -0.3 is 15.8 Å². The van der Waals surface area contributed by atoms with E-state index in [-0.39, 0.29) is 10.6 Å². The molecule has 0 spiro atoms. The molecular formula is C14H12ClFN2O2. The first-order valence-electron chi connectivity index (χ1n) is 5.72. The quantitative estimate of drug-likeness (QED) is 0.671. The molecule has 2 aromatic carbocycles. The minimum absolute atomic E-state index is 0.184. The van der Waals surface area contributed by atoms with Gasteiger partial charge in [0.2, 0.25) is 0 Å². The summed E-state index contributed by atoms with van der Waals surface area (Å²) < 4.78 is 17.7. The lowest BCUT2D eigenvalue weighted by atomic mass is 10.1. The third kappa shape index (κ3) is 2.83. The van der Waals surface area contributed by atoms with Crippen molar-refractivity contribution in [2.75, 3.05) is 18.2 Å². The van der Waals surface area contributed by atoms with Crippen LogP contribution >= 0.6 is 11.6 Å². The molecule has 6 heteroatoms. The highest BCUT2D eigenvalue weighted by molar-refractivity contribution is 6.33. The maximum absolute atomic E-state index is 13.0. The Morgan fingerprint density at radius 2 is 2.10 bits per heavy atom. The SMILES string of the molecule is COC(=O)c1cccc(N)c1Nc1ccc(F)cc1Cl. The molecule has 104 valence electrons. The van der Waals surface area contributed by atoms with Crippen molar-refractivity contribution in [2.45, 2.75) is 0 Å². The van der Waals surface area contributed by atoms with Gasteiger partial charge in [-0.05, 0) is 30.3 Å². The van der Waals surface area contributed by atoms with Crippen LogP contribution < -0.4 is 11.1 Å². The lowest BCUT2D eigenvalue weighted by molar-refractivity contribution is 0.0602. The molecule has 0 saturated heterocycles. The number of ether oxygens (including phenoxy) is 1. The summed E-state index contributed by atoms with van der Waals surface area (Å²) >= 11 is 5.94. The van der Waals surface area contributed by atoms with E-state index in [1.807, 2.05) is 0 Å². The average Bonchev–Trinajstić information content (AvgIpc) is 2.42. The zero-order chi connectivity index (χ0) is 14.7. The van der Waals surface area contributed by atoms with Gasteiger partial charge in [-0.15, -0.1) is 0 Å². The number of hydrogen-bond donors (Lipinski definition) is 2. The summed E-state index contributed by atoms with van der Waals surface area (Å²) in [7, 11) is 1.28. The molecule has 0 atom stereocenters. The highest BCUT2D eigenvalue weighted by Crippen LogP contribution is 2.31. The highest BCUT2D eigenvalue weighted by atomic mass is 35.5. The summed E-state index contributed by atoms with van der Waals surface area (Å²) in [6, 6.07) is 8.73. The molecule has 0 fully saturated rings. The normalized spacial score (nSPS) is 10.2. The van der Waals surface area contributed by atoms with Crippen LogP contribution in [0.3, 0.4) is 0 Å². The van der Waals surface area contributed by atoms with Gasteiger partial charge in [-0.25, -0.2) is 9.18 Å². The third-order valence-electron chi connectivity index (χ3n) is 2.69. The number of nitrogens with one attached hydrogen (secondary N) is 1. The van der Waals surface area contributed by atoms with E-state index < -0.39 is 11.8 Å². The molecule has 0 unspecified atom stereocenters. The molecule has 0 amide bonds. The molecule has 2 rings (SSSR count). The fourth-order valence-electron chi connectivity index (χ4n) is 1.72. The van der Waals surface area contributed by atoms with E-state index in [4.69, 9.17) is 22.1 Å². The fraction of sp³-hybridized carbons (Fsp3) is 0.0714. The average molecular weight is 295 g/mol. The van der Waals surface area contributed by atoms with E-state index in [2.05, 4.69) is 5.32 Å². The summed E-state index contributed by atoms with van der Waals surface area (Å²) in [6.07, 6.45) is 0. The fourth-order valence-corrected chi connectivity index (χ4v) is 1.93. The molecule has 0 aromatic heterocycles. The van der Waals surface area contributed by atoms with E-state index in [0.29, 0.717) is 17.1 Å². The monoisotopic (exact) mass is 294 g/mol. The van der Waals surface area contributed by atoms with Crippen LogP contribution in [0.2, 0.25) is 5.02 Å². The molecule has 0 bridgehead atoms. The van der Waals surface area contributed by atoms with Gasteiger partial charge in [0.05, 0.1) is 34.8 Å². The van der Waals surface area contributed by atoms with Crippen LogP contribution in [0, 0.1) is 5.82 Å². The molecule has 0 heterocycles. The Balaban J connectivity index is 2.45. The van der Waals surface area contributed by atoms with Gasteiger partial charge in [0, 0.05) is 0 Å². The summed E-state index contributed by atoms with van der Waals surface area (Å²) in [6.45, 7) is 0. The van der Waals surface area contributed by atoms with E-state index in [1.54, 1.807) is 18.2 Å². The number of benzene rings is 2. The largest absolute Gasteiger partial charge is 0.465 e. The smallest absolute Gasteiger partial charge is 0.340 e. The van der Waals surface area contributed by atoms with Gasteiger partial charge in [0.15, 0.2) is 0 Å². The van der Waals surface area contributed by atoms with E-state index in [9.17, 15) is 9.18 Å². The Bertz CT molecular complexity index is 662. The van der Waals surface area contributed by atoms with Crippen LogP contribution in [0.4, 0.5) is 21.5 Å². The molecule has 4 nitrogen and oxygen atoms in total. The first-order chi connectivity index (χ1) is 9.52. The van der Waals surface area contributed by atoms with Crippen LogP contribution in [0.5, 0.6) is 0 Å². The van der Waals surface area contributed by atoms with Crippen LogP contribution in [-0.4, -0.2) is 13.1 Å². The Hall–Kier alpha value is -2.27. The van der Waals surface area contributed by atoms with Crippen molar-refractivity contribution < 1.29 is 13.9 Å². The number of nitrogens with two attached hydrogens (primary N) is 1. The van der Waals surface area contributed by atoms with Crippen molar-refractivity contribution in [3.05, 3.63) is 52.8 Å². The van der Waals surface area contributed by atoms with Crippen molar-refractivity contribution in [3.63, 3.8) is 0 Å². The standard InChI is InChI=1S/C14H12ClFN2O2/c1-20-14(19)9-3-2-4-11(17)13(9)18-12-6-5-8(16)7-10(12)15/h2-7,18H,17H2,1H3. The number of carbonyl (C=O) groups excluding carboxylic acids is 1. The van der Waals surface area contributed by atoms with Crippen LogP contribution in [0.1, 0.15) is 10.4 Å². The Labute approximate surface area is 120 Å². The maximum Gasteiger partial charge on any atom is 0.340 e. The van der Waals surface area contributed by atoms with Gasteiger partial charge in [-0.3, -0.25) is 0 Å². The summed E-state index contributed by atoms with van der Waals surface area (Å²) in [5.74, 6) is -0.979. The van der Waals surface area contributed by atoms with Crippen molar-refractivity contribution in [1.82, 2.24) is 0 Å². The number of para-hydroxylation sites is 1. The Morgan fingerprint density at radius 1 is 1.35 bits per heavy atom. The van der Waals surface area contributed by atoms with Crippen LogP contribution in [0.15, 0.2) is 36.4 Å². The number of rotatable bonds is 3. The number of esters is 1. The molecule has 0 aliphatic carbocycles. The molecule has 0 aliphatic rings. The van der Waals surface area contributed by atoms with Gasteiger partial charge in [-0.1, -0.05) is 17.7 Å². The lowest BCUT2D eigenvalue weighted by Crippen LogP contribution is -2.08. The Kier molecular flexibility index (Phi) is 4.10. The van der Waals surface area contributed by atoms with Crippen molar-refractivity contribution in [1.29, 1.82) is 0 Å². The summed E-state index contributed by atoms with van der Waals surface area (Å²) in [5, 5.41) is 3.11. The number of anilines is 3. The number of nitrogen functional groups attached to an aromatic ring is 1. The van der Waals surface area contributed by atoms with Gasteiger partial charge in [-0.2, -0.15) is 0 Å². The third-order valence-corrected chi connectivity index (χ3v) is 3.01. The number of halogens is 2. The maximum atomic E-state index is 13.0. The number of methoxy groups -OCH3 is 1.